The van der Waals surface area contributed by atoms with E-state index in [2.05, 4.69) is 4.98 Å². The van der Waals surface area contributed by atoms with Crippen molar-refractivity contribution < 1.29 is 9.84 Å². The molecule has 1 aromatic heterocycles. The second kappa shape index (κ2) is 5.36. The first-order valence-electron chi connectivity index (χ1n) is 5.36. The van der Waals surface area contributed by atoms with Gasteiger partial charge in [0.15, 0.2) is 0 Å². The molecule has 0 unspecified atom stereocenters. The number of anilines is 1. The number of aliphatic hydroxyl groups is 1. The Kier molecular flexibility index (Phi) is 3.62. The van der Waals surface area contributed by atoms with Crippen LogP contribution in [0.1, 0.15) is 0 Å². The number of nitrogens with two attached hydrogens (primary N) is 1. The van der Waals surface area contributed by atoms with Crippen LogP contribution in [-0.4, -0.2) is 27.4 Å². The highest BCUT2D eigenvalue weighted by Gasteiger charge is 2.05. The number of hydrogen-bond acceptors (Lipinski definition) is 4. The van der Waals surface area contributed by atoms with E-state index in [4.69, 9.17) is 10.5 Å². The largest absolute Gasteiger partial charge is 0.491 e. The van der Waals surface area contributed by atoms with E-state index < -0.39 is 6.10 Å². The van der Waals surface area contributed by atoms with Crippen LogP contribution in [-0.2, 0) is 6.54 Å². The SMILES string of the molecule is Nc1ccc(OC[C@H](O)Cn2ccnc2)cc1. The summed E-state index contributed by atoms with van der Waals surface area (Å²) in [5.74, 6) is 0.698. The molecule has 17 heavy (non-hydrogen) atoms. The molecule has 0 radical (unpaired) electrons. The number of ether oxygens (including phenoxy) is 1. The van der Waals surface area contributed by atoms with Crippen LogP contribution >= 0.6 is 0 Å². The molecule has 1 heterocycles. The van der Waals surface area contributed by atoms with Gasteiger partial charge in [0.1, 0.15) is 18.5 Å². The number of nitrogens with zero attached hydrogens (tertiary/aromatic N) is 2. The molecule has 5 nitrogen and oxygen atoms in total. The Labute approximate surface area is 99.5 Å². The Morgan fingerprint density at radius 1 is 1.35 bits per heavy atom. The molecular weight excluding hydrogens is 218 g/mol. The average molecular weight is 233 g/mol. The third kappa shape index (κ3) is 3.49. The Morgan fingerprint density at radius 3 is 2.76 bits per heavy atom. The van der Waals surface area contributed by atoms with E-state index in [1.165, 1.54) is 0 Å². The quantitative estimate of drug-likeness (QED) is 0.753. The highest BCUT2D eigenvalue weighted by molar-refractivity contribution is 5.41. The van der Waals surface area contributed by atoms with Gasteiger partial charge in [-0.1, -0.05) is 0 Å². The number of imidazole rings is 1. The minimum atomic E-state index is -0.568. The van der Waals surface area contributed by atoms with Crippen molar-refractivity contribution in [3.8, 4) is 5.75 Å². The van der Waals surface area contributed by atoms with Gasteiger partial charge in [0.05, 0.1) is 12.9 Å². The lowest BCUT2D eigenvalue weighted by Crippen LogP contribution is -2.22. The maximum atomic E-state index is 9.74. The Morgan fingerprint density at radius 2 is 2.12 bits per heavy atom. The zero-order valence-corrected chi connectivity index (χ0v) is 9.36. The molecule has 90 valence electrons. The summed E-state index contributed by atoms with van der Waals surface area (Å²) in [7, 11) is 0. The summed E-state index contributed by atoms with van der Waals surface area (Å²) in [6, 6.07) is 7.08. The maximum Gasteiger partial charge on any atom is 0.119 e. The lowest BCUT2D eigenvalue weighted by Gasteiger charge is -2.12. The van der Waals surface area contributed by atoms with E-state index >= 15 is 0 Å². The molecule has 2 rings (SSSR count). The fourth-order valence-corrected chi connectivity index (χ4v) is 1.45. The van der Waals surface area contributed by atoms with Gasteiger partial charge >= 0.3 is 0 Å². The molecule has 3 N–H and O–H groups in total. The first-order chi connectivity index (χ1) is 8.24. The summed E-state index contributed by atoms with van der Waals surface area (Å²) in [6.45, 7) is 0.705. The van der Waals surface area contributed by atoms with Crippen LogP contribution in [0.15, 0.2) is 43.0 Å². The summed E-state index contributed by atoms with van der Waals surface area (Å²) in [5.41, 5.74) is 6.25. The summed E-state index contributed by atoms with van der Waals surface area (Å²) >= 11 is 0. The van der Waals surface area contributed by atoms with Crippen molar-refractivity contribution in [1.82, 2.24) is 9.55 Å². The van der Waals surface area contributed by atoms with Gasteiger partial charge in [0, 0.05) is 18.1 Å². The van der Waals surface area contributed by atoms with E-state index in [9.17, 15) is 5.11 Å². The van der Waals surface area contributed by atoms with Crippen LogP contribution in [0.4, 0.5) is 5.69 Å². The summed E-state index contributed by atoms with van der Waals surface area (Å²) in [6.07, 6.45) is 4.56. The van der Waals surface area contributed by atoms with Gasteiger partial charge in [0.2, 0.25) is 0 Å². The van der Waals surface area contributed by atoms with Gasteiger partial charge in [-0.15, -0.1) is 0 Å². The second-order valence-corrected chi connectivity index (χ2v) is 3.79. The lowest BCUT2D eigenvalue weighted by atomic mass is 10.3. The highest BCUT2D eigenvalue weighted by Crippen LogP contribution is 2.13. The third-order valence-corrected chi connectivity index (χ3v) is 2.30. The van der Waals surface area contributed by atoms with E-state index in [1.807, 2.05) is 0 Å². The summed E-state index contributed by atoms with van der Waals surface area (Å²) < 4.78 is 7.23. The molecule has 0 aliphatic carbocycles. The predicted molar refractivity (Wildman–Crippen MR) is 64.6 cm³/mol. The summed E-state index contributed by atoms with van der Waals surface area (Å²) in [4.78, 5) is 3.90. The summed E-state index contributed by atoms with van der Waals surface area (Å²) in [5, 5.41) is 9.74. The smallest absolute Gasteiger partial charge is 0.119 e. The Balaban J connectivity index is 1.79. The van der Waals surface area contributed by atoms with Crippen molar-refractivity contribution in [3.05, 3.63) is 43.0 Å². The molecule has 1 aromatic carbocycles. The molecule has 1 atom stereocenters. The van der Waals surface area contributed by atoms with E-state index in [0.29, 0.717) is 18.0 Å². The van der Waals surface area contributed by atoms with Crippen LogP contribution in [0, 0.1) is 0 Å². The molecule has 0 fully saturated rings. The number of nitrogen functional groups attached to an aromatic ring is 1. The van der Waals surface area contributed by atoms with Crippen LogP contribution in [0.3, 0.4) is 0 Å². The van der Waals surface area contributed by atoms with Crippen LogP contribution in [0.25, 0.3) is 0 Å². The molecule has 0 amide bonds. The van der Waals surface area contributed by atoms with E-state index in [0.717, 1.165) is 0 Å². The third-order valence-electron chi connectivity index (χ3n) is 2.30. The monoisotopic (exact) mass is 233 g/mol. The predicted octanol–water partition coefficient (Wildman–Crippen LogP) is 0.905. The molecule has 0 saturated heterocycles. The maximum absolute atomic E-state index is 9.74. The van der Waals surface area contributed by atoms with Crippen LogP contribution in [0.5, 0.6) is 5.75 Å². The van der Waals surface area contributed by atoms with Crippen molar-refractivity contribution in [2.24, 2.45) is 0 Å². The topological polar surface area (TPSA) is 73.3 Å². The Bertz CT molecular complexity index is 439. The van der Waals surface area contributed by atoms with Gasteiger partial charge < -0.3 is 20.1 Å². The second-order valence-electron chi connectivity index (χ2n) is 3.79. The lowest BCUT2D eigenvalue weighted by molar-refractivity contribution is 0.0925. The van der Waals surface area contributed by atoms with Crippen molar-refractivity contribution in [2.75, 3.05) is 12.3 Å². The molecule has 0 bridgehead atoms. The molecule has 0 spiro atoms. The molecule has 2 aromatic rings. The van der Waals surface area contributed by atoms with Crippen LogP contribution in [0.2, 0.25) is 0 Å². The van der Waals surface area contributed by atoms with Crippen molar-refractivity contribution in [3.63, 3.8) is 0 Å². The number of aliphatic hydroxyl groups excluding tert-OH is 1. The van der Waals surface area contributed by atoms with Gasteiger partial charge in [-0.2, -0.15) is 0 Å². The number of benzene rings is 1. The minimum Gasteiger partial charge on any atom is -0.491 e. The zero-order valence-electron chi connectivity index (χ0n) is 9.36. The minimum absolute atomic E-state index is 0.238. The van der Waals surface area contributed by atoms with Gasteiger partial charge in [-0.05, 0) is 24.3 Å². The number of hydrogen-bond donors (Lipinski definition) is 2. The van der Waals surface area contributed by atoms with Crippen molar-refractivity contribution in [2.45, 2.75) is 12.6 Å². The normalized spacial score (nSPS) is 12.3. The fourth-order valence-electron chi connectivity index (χ4n) is 1.45. The average Bonchev–Trinajstić information content (AvgIpc) is 2.81. The van der Waals surface area contributed by atoms with E-state index in [-0.39, 0.29) is 6.61 Å². The van der Waals surface area contributed by atoms with Crippen molar-refractivity contribution in [1.29, 1.82) is 0 Å². The fraction of sp³-hybridized carbons (Fsp3) is 0.250. The van der Waals surface area contributed by atoms with Gasteiger partial charge in [0.25, 0.3) is 0 Å². The van der Waals surface area contributed by atoms with E-state index in [1.54, 1.807) is 47.6 Å². The molecule has 5 heteroatoms. The van der Waals surface area contributed by atoms with Crippen molar-refractivity contribution >= 4 is 5.69 Å². The molecular formula is C12H15N3O2. The zero-order chi connectivity index (χ0) is 12.1. The first kappa shape index (κ1) is 11.5. The van der Waals surface area contributed by atoms with Crippen LogP contribution < -0.4 is 10.5 Å². The molecule has 0 aliphatic rings. The Hall–Kier alpha value is -2.01. The molecule has 0 saturated carbocycles. The standard InChI is InChI=1S/C12H15N3O2/c13-10-1-3-12(4-2-10)17-8-11(16)7-15-6-5-14-9-15/h1-6,9,11,16H,7-8,13H2/t11-/m1/s1. The highest BCUT2D eigenvalue weighted by atomic mass is 16.5. The number of aromatic nitrogens is 2. The first-order valence-corrected chi connectivity index (χ1v) is 5.36. The molecule has 0 aliphatic heterocycles. The number of rotatable bonds is 5. The van der Waals surface area contributed by atoms with Gasteiger partial charge in [-0.25, -0.2) is 4.98 Å². The van der Waals surface area contributed by atoms with Gasteiger partial charge in [-0.3, -0.25) is 0 Å².